The van der Waals surface area contributed by atoms with Gasteiger partial charge in [0, 0.05) is 0 Å². The molecule has 0 saturated carbocycles. The Bertz CT molecular complexity index is 748. The molecule has 0 aromatic heterocycles. The Hall–Kier alpha value is 1.10. The molecule has 0 rings (SSSR count). The van der Waals surface area contributed by atoms with Gasteiger partial charge in [0.05, 0.1) is 0 Å². The van der Waals surface area contributed by atoms with Crippen LogP contribution in [0.1, 0.15) is 353 Å². The van der Waals surface area contributed by atoms with E-state index in [0.29, 0.717) is 43.3 Å². The van der Waals surface area contributed by atoms with E-state index >= 15 is 0 Å². The van der Waals surface area contributed by atoms with Gasteiger partial charge in [-0.1, -0.05) is 300 Å². The molecular formula is C65H149Y. The van der Waals surface area contributed by atoms with Crippen molar-refractivity contribution in [3.63, 3.8) is 0 Å². The predicted molar refractivity (Wildman–Crippen MR) is 322 cm³/mol. The molecule has 0 amide bonds. The number of hydrogen-bond acceptors (Lipinski definition) is 0. The van der Waals surface area contributed by atoms with Crippen LogP contribution in [-0.4, -0.2) is 0 Å². The van der Waals surface area contributed by atoms with Gasteiger partial charge in [0.15, 0.2) is 0 Å². The SMILES string of the molecule is CC(C)C(C)(C)C.CC(C)C(C)(C)C.CCC(C)(C)C.CCC(C)(C)C.CCCC(C)(C)C.CCCC(C)(C)C.CCCCC(C)(C)C.CCCCCC(C)(C)C.C[C-](C)C.[CH2-]CC.[CH3-].[Y+3]. The number of hydrogen-bond donors (Lipinski definition) is 0. The first kappa shape index (κ1) is 96.6. The molecule has 0 aliphatic heterocycles. The summed E-state index contributed by atoms with van der Waals surface area (Å²) in [7, 11) is 0. The zero-order valence-electron chi connectivity index (χ0n) is 55.8. The first-order valence-corrected chi connectivity index (χ1v) is 27.5. The van der Waals surface area contributed by atoms with Crippen LogP contribution in [0.25, 0.3) is 0 Å². The molecule has 1 heteroatoms. The summed E-state index contributed by atoms with van der Waals surface area (Å²) in [6.45, 7) is 88.6. The smallest absolute Gasteiger partial charge is 0.358 e. The van der Waals surface area contributed by atoms with E-state index in [4.69, 9.17) is 0 Å². The molecule has 0 heterocycles. The molecule has 0 bridgehead atoms. The van der Waals surface area contributed by atoms with E-state index in [9.17, 15) is 0 Å². The zero-order chi connectivity index (χ0) is 54.6. The molecule has 0 atom stereocenters. The third kappa shape index (κ3) is 184. The molecule has 0 saturated heterocycles. The number of unbranched alkanes of at least 4 members (excludes halogenated alkanes) is 3. The maximum absolute atomic E-state index is 3.49. The summed E-state index contributed by atoms with van der Waals surface area (Å²) in [6, 6.07) is 0. The van der Waals surface area contributed by atoms with Crippen LogP contribution in [0.5, 0.6) is 0 Å². The van der Waals surface area contributed by atoms with Gasteiger partial charge >= 0.3 is 32.7 Å². The Morgan fingerprint density at radius 1 is 0.333 bits per heavy atom. The Morgan fingerprint density at radius 3 is 0.545 bits per heavy atom. The van der Waals surface area contributed by atoms with Gasteiger partial charge in [-0.15, -0.1) is 0 Å². The van der Waals surface area contributed by atoms with E-state index in [1.54, 1.807) is 0 Å². The fraction of sp³-hybridized carbons (Fsp3) is 0.954. The van der Waals surface area contributed by atoms with E-state index < -0.39 is 0 Å². The van der Waals surface area contributed by atoms with Crippen molar-refractivity contribution in [1.29, 1.82) is 0 Å². The molecule has 0 aromatic rings. The van der Waals surface area contributed by atoms with Gasteiger partial charge in [-0.25, -0.2) is 0 Å². The molecule has 0 aliphatic rings. The largest absolute Gasteiger partial charge is 3.00 e. The monoisotopic (exact) mass is 1020 g/mol. The number of rotatable bonds is 7. The second-order valence-corrected chi connectivity index (χ2v) is 29.2. The Kier molecular flexibility index (Phi) is 78.9. The minimum absolute atomic E-state index is 0. The van der Waals surface area contributed by atoms with Crippen molar-refractivity contribution in [3.8, 4) is 0 Å². The van der Waals surface area contributed by atoms with Crippen LogP contribution in [0.15, 0.2) is 0 Å². The average Bonchev–Trinajstić information content (AvgIpc) is 3.02. The van der Waals surface area contributed by atoms with E-state index in [1.807, 2.05) is 6.92 Å². The summed E-state index contributed by atoms with van der Waals surface area (Å²) in [5.41, 5.74) is 4.29. The Balaban J connectivity index is -0.0000000494. The van der Waals surface area contributed by atoms with E-state index in [2.05, 4.69) is 263 Å². The van der Waals surface area contributed by atoms with Crippen LogP contribution < -0.4 is 0 Å². The predicted octanol–water partition coefficient (Wildman–Crippen LogP) is 26.1. The van der Waals surface area contributed by atoms with E-state index in [0.717, 1.165) is 18.3 Å². The fourth-order valence-corrected chi connectivity index (χ4v) is 3.11. The second kappa shape index (κ2) is 53.9. The summed E-state index contributed by atoms with van der Waals surface area (Å²) >= 11 is 0. The minimum Gasteiger partial charge on any atom is -0.358 e. The maximum atomic E-state index is 3.49. The fourth-order valence-electron chi connectivity index (χ4n) is 3.11. The topological polar surface area (TPSA) is 0 Å². The van der Waals surface area contributed by atoms with Crippen molar-refractivity contribution >= 4 is 0 Å². The second-order valence-electron chi connectivity index (χ2n) is 29.2. The third-order valence-electron chi connectivity index (χ3n) is 10.4. The van der Waals surface area contributed by atoms with Gasteiger partial charge in [0.1, 0.15) is 0 Å². The van der Waals surface area contributed by atoms with Crippen LogP contribution in [0, 0.1) is 75.4 Å². The van der Waals surface area contributed by atoms with Crippen molar-refractivity contribution in [1.82, 2.24) is 0 Å². The zero-order valence-corrected chi connectivity index (χ0v) is 58.7. The molecule has 0 fully saturated rings. The molecule has 0 spiro atoms. The molecular weight excluding hydrogens is 870 g/mol. The van der Waals surface area contributed by atoms with Crippen molar-refractivity contribution in [2.24, 2.45) is 55.2 Å². The molecule has 0 aliphatic carbocycles. The van der Waals surface area contributed by atoms with Crippen molar-refractivity contribution < 1.29 is 32.7 Å². The molecule has 0 aromatic carbocycles. The van der Waals surface area contributed by atoms with Crippen LogP contribution in [0.4, 0.5) is 0 Å². The molecule has 0 N–H and O–H groups in total. The minimum atomic E-state index is 0. The summed E-state index contributed by atoms with van der Waals surface area (Å²) in [6.07, 6.45) is 18.4. The first-order chi connectivity index (χ1) is 27.9. The summed E-state index contributed by atoms with van der Waals surface area (Å²) in [5.74, 6) is 3.01. The Morgan fingerprint density at radius 2 is 0.485 bits per heavy atom. The Labute approximate surface area is 458 Å². The van der Waals surface area contributed by atoms with Crippen LogP contribution in [-0.2, 0) is 32.7 Å². The van der Waals surface area contributed by atoms with Gasteiger partial charge in [-0.3, -0.25) is 0 Å². The maximum Gasteiger partial charge on any atom is 3.00 e. The summed E-state index contributed by atoms with van der Waals surface area (Å²) < 4.78 is 0. The molecule has 412 valence electrons. The molecule has 0 nitrogen and oxygen atoms in total. The first-order valence-electron chi connectivity index (χ1n) is 27.5. The van der Waals surface area contributed by atoms with Gasteiger partial charge < -0.3 is 20.3 Å². The molecule has 0 unspecified atom stereocenters. The molecule has 66 heavy (non-hydrogen) atoms. The quantitative estimate of drug-likeness (QED) is 0.176. The third-order valence-corrected chi connectivity index (χ3v) is 10.4. The average molecular weight is 1020 g/mol. The van der Waals surface area contributed by atoms with Gasteiger partial charge in [-0.2, -0.15) is 27.2 Å². The summed E-state index contributed by atoms with van der Waals surface area (Å²) in [4.78, 5) is 0. The van der Waals surface area contributed by atoms with Crippen LogP contribution in [0.2, 0.25) is 0 Å². The van der Waals surface area contributed by atoms with Crippen molar-refractivity contribution in [2.75, 3.05) is 0 Å². The standard InChI is InChI=1S/C9H20.C8H18.4C7H16.2C6H14.C4H9.C3H7.CH3.Y/c1-5-6-7-8-9(2,3)4;1-5-6-7-8(2,3)4;2*1-6(2)7(3,4)5;2*1-5-6-7(2,3)4;2*1-5-6(2,3)4;1-4(2)3;1-3-2;;/h5-8H2,1-4H3;5-7H2,1-4H3;2*6H,1-5H3;2*5-6H2,1-4H3;2*5H2,1-4H3;1-3H3;1,3H2,2H3;1H3;/q;;;;;;;;3*-1;+3. The van der Waals surface area contributed by atoms with E-state index in [-0.39, 0.29) is 40.1 Å². The molecule has 0 radical (unpaired) electrons. The van der Waals surface area contributed by atoms with Crippen LogP contribution >= 0.6 is 0 Å². The normalized spacial score (nSPS) is 11.4. The summed E-state index contributed by atoms with van der Waals surface area (Å²) in [5, 5.41) is 0. The van der Waals surface area contributed by atoms with Gasteiger partial charge in [-0.05, 0) is 80.8 Å². The van der Waals surface area contributed by atoms with Crippen molar-refractivity contribution in [3.05, 3.63) is 20.3 Å². The van der Waals surface area contributed by atoms with Crippen LogP contribution in [0.3, 0.4) is 0 Å². The van der Waals surface area contributed by atoms with Gasteiger partial charge in [0.25, 0.3) is 0 Å². The van der Waals surface area contributed by atoms with Gasteiger partial charge in [0.2, 0.25) is 0 Å². The van der Waals surface area contributed by atoms with Crippen molar-refractivity contribution in [2.45, 2.75) is 353 Å². The van der Waals surface area contributed by atoms with E-state index in [1.165, 1.54) is 89.4 Å².